The molecule has 1 aromatic carbocycles. The summed E-state index contributed by atoms with van der Waals surface area (Å²) in [4.78, 5) is 1.12. The van der Waals surface area contributed by atoms with Crippen LogP contribution in [0.15, 0.2) is 29.2 Å². The van der Waals surface area contributed by atoms with Gasteiger partial charge in [-0.05, 0) is 25.0 Å². The van der Waals surface area contributed by atoms with E-state index < -0.39 is 0 Å². The second kappa shape index (κ2) is 5.41. The Morgan fingerprint density at radius 2 is 2.00 bits per heavy atom. The molecule has 1 aromatic rings. The predicted octanol–water partition coefficient (Wildman–Crippen LogP) is 2.94. The normalized spacial score (nSPS) is 19.6. The smallest absolute Gasteiger partial charge is 0.0542 e. The van der Waals surface area contributed by atoms with Gasteiger partial charge in [0.1, 0.15) is 0 Å². The molecule has 0 saturated carbocycles. The Morgan fingerprint density at radius 3 is 2.62 bits per heavy atom. The third-order valence-electron chi connectivity index (χ3n) is 2.94. The third kappa shape index (κ3) is 2.72. The highest BCUT2D eigenvalue weighted by atomic mass is 35.5. The summed E-state index contributed by atoms with van der Waals surface area (Å²) >= 11 is 7.97. The number of ether oxygens (including phenoxy) is 1. The summed E-state index contributed by atoms with van der Waals surface area (Å²) in [6, 6.07) is 7.94. The highest BCUT2D eigenvalue weighted by molar-refractivity contribution is 8.00. The van der Waals surface area contributed by atoms with E-state index in [1.807, 2.05) is 18.2 Å². The molecule has 0 radical (unpaired) electrons. The van der Waals surface area contributed by atoms with E-state index in [9.17, 15) is 0 Å². The van der Waals surface area contributed by atoms with Gasteiger partial charge in [-0.2, -0.15) is 0 Å². The molecule has 0 spiro atoms. The lowest BCUT2D eigenvalue weighted by molar-refractivity contribution is 0.0792. The van der Waals surface area contributed by atoms with Gasteiger partial charge in [0.25, 0.3) is 0 Å². The summed E-state index contributed by atoms with van der Waals surface area (Å²) in [5.41, 5.74) is 5.92. The molecule has 0 aliphatic carbocycles. The van der Waals surface area contributed by atoms with E-state index in [0.29, 0.717) is 6.54 Å². The first kappa shape index (κ1) is 12.2. The fourth-order valence-electron chi connectivity index (χ4n) is 1.85. The number of thioether (sulfide) groups is 1. The van der Waals surface area contributed by atoms with Crippen molar-refractivity contribution in [1.29, 1.82) is 0 Å². The zero-order chi connectivity index (χ0) is 11.4. The Hall–Kier alpha value is -0.220. The van der Waals surface area contributed by atoms with Crippen molar-refractivity contribution in [3.63, 3.8) is 0 Å². The molecule has 2 nitrogen and oxygen atoms in total. The first-order chi connectivity index (χ1) is 7.76. The number of hydrogen-bond acceptors (Lipinski definition) is 3. The molecule has 1 aliphatic heterocycles. The van der Waals surface area contributed by atoms with Crippen molar-refractivity contribution >= 4 is 23.4 Å². The summed E-state index contributed by atoms with van der Waals surface area (Å²) in [6.45, 7) is 2.27. The molecule has 0 bridgehead atoms. The van der Waals surface area contributed by atoms with E-state index in [1.54, 1.807) is 11.8 Å². The van der Waals surface area contributed by atoms with Crippen molar-refractivity contribution in [3.8, 4) is 0 Å². The zero-order valence-corrected chi connectivity index (χ0v) is 10.7. The second-order valence-corrected chi connectivity index (χ2v) is 5.95. The van der Waals surface area contributed by atoms with Crippen LogP contribution < -0.4 is 5.73 Å². The second-order valence-electron chi connectivity index (χ2n) is 4.03. The van der Waals surface area contributed by atoms with Gasteiger partial charge in [0.2, 0.25) is 0 Å². The van der Waals surface area contributed by atoms with Gasteiger partial charge in [0.15, 0.2) is 0 Å². The highest BCUT2D eigenvalue weighted by Gasteiger charge is 2.32. The van der Waals surface area contributed by atoms with Crippen molar-refractivity contribution in [2.45, 2.75) is 22.5 Å². The number of hydrogen-bond donors (Lipinski definition) is 1. The van der Waals surface area contributed by atoms with E-state index in [0.717, 1.165) is 36.0 Å². The molecule has 1 fully saturated rings. The van der Waals surface area contributed by atoms with Gasteiger partial charge < -0.3 is 10.5 Å². The van der Waals surface area contributed by atoms with Crippen LogP contribution >= 0.6 is 23.4 Å². The highest BCUT2D eigenvalue weighted by Crippen LogP contribution is 2.42. The van der Waals surface area contributed by atoms with Crippen LogP contribution in [0.1, 0.15) is 12.8 Å². The lowest BCUT2D eigenvalue weighted by atomic mass is 9.99. The van der Waals surface area contributed by atoms with Crippen LogP contribution in [0.25, 0.3) is 0 Å². The molecule has 1 saturated heterocycles. The largest absolute Gasteiger partial charge is 0.381 e. The lowest BCUT2D eigenvalue weighted by Crippen LogP contribution is -2.40. The Morgan fingerprint density at radius 1 is 1.31 bits per heavy atom. The number of nitrogens with two attached hydrogens (primary N) is 1. The van der Waals surface area contributed by atoms with Gasteiger partial charge in [-0.15, -0.1) is 11.8 Å². The molecule has 4 heteroatoms. The standard InChI is InChI=1S/C12H16ClNOS/c13-10-3-1-2-4-11(10)16-12(9-14)5-7-15-8-6-12/h1-4H,5-9,14H2. The number of rotatable bonds is 3. The summed E-state index contributed by atoms with van der Waals surface area (Å²) in [7, 11) is 0. The Bertz CT molecular complexity index is 353. The Kier molecular flexibility index (Phi) is 4.14. The van der Waals surface area contributed by atoms with E-state index in [2.05, 4.69) is 6.07 Å². The quantitative estimate of drug-likeness (QED) is 0.904. The Balaban J connectivity index is 2.15. The summed E-state index contributed by atoms with van der Waals surface area (Å²) in [5, 5.41) is 0.812. The molecule has 0 aromatic heterocycles. The monoisotopic (exact) mass is 257 g/mol. The molecule has 16 heavy (non-hydrogen) atoms. The van der Waals surface area contributed by atoms with Crippen molar-refractivity contribution < 1.29 is 4.74 Å². The van der Waals surface area contributed by atoms with E-state index in [1.165, 1.54) is 0 Å². The van der Waals surface area contributed by atoms with Crippen LogP contribution in [-0.2, 0) is 4.74 Å². The molecular formula is C12H16ClNOS. The van der Waals surface area contributed by atoms with Crippen LogP contribution in [0.2, 0.25) is 5.02 Å². The van der Waals surface area contributed by atoms with Crippen LogP contribution in [0, 0.1) is 0 Å². The fraction of sp³-hybridized carbons (Fsp3) is 0.500. The number of halogens is 1. The number of benzene rings is 1. The van der Waals surface area contributed by atoms with Crippen molar-refractivity contribution in [3.05, 3.63) is 29.3 Å². The van der Waals surface area contributed by atoms with Gasteiger partial charge in [0, 0.05) is 29.4 Å². The van der Waals surface area contributed by atoms with Gasteiger partial charge in [-0.1, -0.05) is 23.7 Å². The molecule has 2 N–H and O–H groups in total. The average Bonchev–Trinajstić information content (AvgIpc) is 2.33. The third-order valence-corrected chi connectivity index (χ3v) is 4.96. The molecule has 88 valence electrons. The molecule has 1 aliphatic rings. The molecule has 2 rings (SSSR count). The summed E-state index contributed by atoms with van der Waals surface area (Å²) in [5.74, 6) is 0. The predicted molar refractivity (Wildman–Crippen MR) is 69.1 cm³/mol. The first-order valence-electron chi connectivity index (χ1n) is 5.47. The van der Waals surface area contributed by atoms with Crippen molar-refractivity contribution in [2.24, 2.45) is 5.73 Å². The first-order valence-corrected chi connectivity index (χ1v) is 6.67. The van der Waals surface area contributed by atoms with Gasteiger partial charge in [-0.25, -0.2) is 0 Å². The minimum atomic E-state index is 0.100. The average molecular weight is 258 g/mol. The van der Waals surface area contributed by atoms with Crippen LogP contribution in [0.4, 0.5) is 0 Å². The maximum absolute atomic E-state index is 6.17. The molecule has 1 heterocycles. The fourth-order valence-corrected chi connectivity index (χ4v) is 3.34. The maximum atomic E-state index is 6.17. The van der Waals surface area contributed by atoms with Crippen molar-refractivity contribution in [1.82, 2.24) is 0 Å². The molecule has 0 unspecified atom stereocenters. The lowest BCUT2D eigenvalue weighted by Gasteiger charge is -2.35. The van der Waals surface area contributed by atoms with Crippen molar-refractivity contribution in [2.75, 3.05) is 19.8 Å². The minimum Gasteiger partial charge on any atom is -0.381 e. The molecular weight excluding hydrogens is 242 g/mol. The Labute approximate surface area is 105 Å². The van der Waals surface area contributed by atoms with Gasteiger partial charge in [0.05, 0.1) is 5.02 Å². The van der Waals surface area contributed by atoms with Gasteiger partial charge >= 0.3 is 0 Å². The topological polar surface area (TPSA) is 35.2 Å². The molecule has 0 amide bonds. The van der Waals surface area contributed by atoms with Crippen LogP contribution in [-0.4, -0.2) is 24.5 Å². The summed E-state index contributed by atoms with van der Waals surface area (Å²) in [6.07, 6.45) is 2.00. The van der Waals surface area contributed by atoms with Gasteiger partial charge in [-0.3, -0.25) is 0 Å². The van der Waals surface area contributed by atoms with Crippen LogP contribution in [0.5, 0.6) is 0 Å². The maximum Gasteiger partial charge on any atom is 0.0542 e. The van der Waals surface area contributed by atoms with E-state index in [-0.39, 0.29) is 4.75 Å². The summed E-state index contributed by atoms with van der Waals surface area (Å²) < 4.78 is 5.49. The SMILES string of the molecule is NCC1(Sc2ccccc2Cl)CCOCC1. The van der Waals surface area contributed by atoms with E-state index >= 15 is 0 Å². The van der Waals surface area contributed by atoms with E-state index in [4.69, 9.17) is 22.1 Å². The zero-order valence-electron chi connectivity index (χ0n) is 9.12. The minimum absolute atomic E-state index is 0.100. The molecule has 0 atom stereocenters. The van der Waals surface area contributed by atoms with Crippen LogP contribution in [0.3, 0.4) is 0 Å².